The zero-order valence-corrected chi connectivity index (χ0v) is 16.1. The van der Waals surface area contributed by atoms with Crippen molar-refractivity contribution in [1.82, 2.24) is 9.55 Å². The van der Waals surface area contributed by atoms with Gasteiger partial charge in [-0.2, -0.15) is 18.4 Å². The molecule has 30 heavy (non-hydrogen) atoms. The highest BCUT2D eigenvalue weighted by atomic mass is 35.5. The summed E-state index contributed by atoms with van der Waals surface area (Å²) in [6.45, 7) is 0.502. The van der Waals surface area contributed by atoms with Crippen molar-refractivity contribution in [2.45, 2.75) is 18.7 Å². The molecule has 10 heteroatoms. The van der Waals surface area contributed by atoms with Crippen LogP contribution in [0.1, 0.15) is 17.7 Å². The summed E-state index contributed by atoms with van der Waals surface area (Å²) < 4.78 is 41.0. The fourth-order valence-corrected chi connectivity index (χ4v) is 3.86. The predicted octanol–water partition coefficient (Wildman–Crippen LogP) is 3.50. The van der Waals surface area contributed by atoms with Gasteiger partial charge in [0.25, 0.3) is 5.56 Å². The van der Waals surface area contributed by atoms with Crippen LogP contribution < -0.4 is 10.5 Å². The average Bonchev–Trinajstić information content (AvgIpc) is 3.12. The smallest absolute Gasteiger partial charge is 0.391 e. The first-order chi connectivity index (χ1) is 14.2. The monoisotopic (exact) mass is 434 g/mol. The first kappa shape index (κ1) is 20.2. The van der Waals surface area contributed by atoms with E-state index in [2.05, 4.69) is 4.98 Å². The summed E-state index contributed by atoms with van der Waals surface area (Å²) >= 11 is 6.21. The van der Waals surface area contributed by atoms with Crippen molar-refractivity contribution in [3.05, 3.63) is 63.0 Å². The highest BCUT2D eigenvalue weighted by molar-refractivity contribution is 6.32. The van der Waals surface area contributed by atoms with Crippen LogP contribution in [0.2, 0.25) is 5.02 Å². The first-order valence-corrected chi connectivity index (χ1v) is 9.35. The lowest BCUT2D eigenvalue weighted by atomic mass is 10.1. The molecule has 1 aromatic carbocycles. The molecule has 0 aliphatic carbocycles. The Morgan fingerprint density at radius 3 is 2.57 bits per heavy atom. The number of anilines is 1. The molecule has 1 aliphatic rings. The second-order valence-corrected chi connectivity index (χ2v) is 7.29. The molecule has 1 fully saturated rings. The van der Waals surface area contributed by atoms with Crippen LogP contribution in [0.25, 0.3) is 16.7 Å². The maximum Gasteiger partial charge on any atom is 0.433 e. The van der Waals surface area contributed by atoms with E-state index in [4.69, 9.17) is 11.6 Å². The van der Waals surface area contributed by atoms with Crippen molar-refractivity contribution in [3.63, 3.8) is 0 Å². The van der Waals surface area contributed by atoms with Crippen LogP contribution in [0, 0.1) is 11.3 Å². The Morgan fingerprint density at radius 2 is 1.97 bits per heavy atom. The topological polar surface area (TPSA) is 82.2 Å². The molecule has 6 nitrogen and oxygen atoms in total. The maximum absolute atomic E-state index is 13.4. The van der Waals surface area contributed by atoms with Gasteiger partial charge in [-0.15, -0.1) is 0 Å². The van der Waals surface area contributed by atoms with Crippen molar-refractivity contribution >= 4 is 28.3 Å². The number of nitriles is 1. The SMILES string of the molecule is N#Cc1c(N2CC[C@H](O)C2)c2ccc(C(F)(F)F)nc2n(-c2ccccc2Cl)c1=O. The molecule has 0 radical (unpaired) electrons. The first-order valence-electron chi connectivity index (χ1n) is 8.97. The van der Waals surface area contributed by atoms with Crippen LogP contribution in [0.4, 0.5) is 18.9 Å². The second-order valence-electron chi connectivity index (χ2n) is 6.88. The third kappa shape index (κ3) is 3.28. The molecular formula is C20H14ClF3N4O2. The standard InChI is InChI=1S/C20H14ClF3N4O2/c21-14-3-1-2-4-15(14)28-18-12(5-6-16(26-18)20(22,23)24)17(13(9-25)19(28)30)27-8-7-11(29)10-27/h1-6,11,29H,7-8,10H2/t11-/m0/s1. The number of halogens is 4. The number of para-hydroxylation sites is 1. The fraction of sp³-hybridized carbons (Fsp3) is 0.250. The zero-order chi connectivity index (χ0) is 21.6. The van der Waals surface area contributed by atoms with Gasteiger partial charge in [-0.1, -0.05) is 23.7 Å². The molecule has 0 unspecified atom stereocenters. The fourth-order valence-electron chi connectivity index (χ4n) is 3.64. The van der Waals surface area contributed by atoms with Crippen molar-refractivity contribution < 1.29 is 18.3 Å². The van der Waals surface area contributed by atoms with Gasteiger partial charge in [-0.3, -0.25) is 9.36 Å². The normalized spacial score (nSPS) is 16.8. The third-order valence-electron chi connectivity index (χ3n) is 4.97. The second kappa shape index (κ2) is 7.31. The maximum atomic E-state index is 13.4. The molecule has 1 saturated heterocycles. The highest BCUT2D eigenvalue weighted by Gasteiger charge is 2.34. The summed E-state index contributed by atoms with van der Waals surface area (Å²) in [4.78, 5) is 18.6. The molecule has 0 saturated carbocycles. The number of nitrogens with zero attached hydrogens (tertiary/aromatic N) is 4. The van der Waals surface area contributed by atoms with Crippen LogP contribution >= 0.6 is 11.6 Å². The number of aromatic nitrogens is 2. The van der Waals surface area contributed by atoms with Gasteiger partial charge < -0.3 is 10.0 Å². The van der Waals surface area contributed by atoms with E-state index < -0.39 is 23.5 Å². The number of hydrogen-bond donors (Lipinski definition) is 1. The lowest BCUT2D eigenvalue weighted by Gasteiger charge is -2.23. The van der Waals surface area contributed by atoms with E-state index in [0.29, 0.717) is 13.0 Å². The number of alkyl halides is 3. The van der Waals surface area contributed by atoms with E-state index in [9.17, 15) is 28.3 Å². The number of pyridine rings is 2. The van der Waals surface area contributed by atoms with Crippen molar-refractivity contribution in [3.8, 4) is 11.8 Å². The largest absolute Gasteiger partial charge is 0.433 e. The van der Waals surface area contributed by atoms with E-state index >= 15 is 0 Å². The van der Waals surface area contributed by atoms with Crippen LogP contribution in [0.3, 0.4) is 0 Å². The van der Waals surface area contributed by atoms with Crippen LogP contribution in [-0.2, 0) is 6.18 Å². The number of aliphatic hydroxyl groups excluding tert-OH is 1. The Hall–Kier alpha value is -3.09. The summed E-state index contributed by atoms with van der Waals surface area (Å²) in [7, 11) is 0. The summed E-state index contributed by atoms with van der Waals surface area (Å²) in [5.41, 5.74) is -2.24. The Morgan fingerprint density at radius 1 is 1.23 bits per heavy atom. The minimum atomic E-state index is -4.73. The molecule has 154 valence electrons. The van der Waals surface area contributed by atoms with Gasteiger partial charge in [-0.05, 0) is 30.7 Å². The van der Waals surface area contributed by atoms with E-state index in [-0.39, 0.29) is 39.5 Å². The Balaban J connectivity index is 2.15. The lowest BCUT2D eigenvalue weighted by molar-refractivity contribution is -0.141. The minimum absolute atomic E-state index is 0.116. The molecule has 1 aliphatic heterocycles. The van der Waals surface area contributed by atoms with Crippen LogP contribution in [0.15, 0.2) is 41.2 Å². The number of hydrogen-bond acceptors (Lipinski definition) is 5. The van der Waals surface area contributed by atoms with Crippen molar-refractivity contribution in [2.75, 3.05) is 18.0 Å². The molecule has 0 spiro atoms. The summed E-state index contributed by atoms with van der Waals surface area (Å²) in [5.74, 6) is 0. The number of aliphatic hydroxyl groups is 1. The van der Waals surface area contributed by atoms with Gasteiger partial charge in [0.2, 0.25) is 0 Å². The van der Waals surface area contributed by atoms with Crippen molar-refractivity contribution in [1.29, 1.82) is 5.26 Å². The van der Waals surface area contributed by atoms with Crippen molar-refractivity contribution in [2.24, 2.45) is 0 Å². The van der Waals surface area contributed by atoms with Gasteiger partial charge in [0.15, 0.2) is 0 Å². The molecule has 1 N–H and O–H groups in total. The summed E-state index contributed by atoms with van der Waals surface area (Å²) in [6.07, 6.45) is -4.98. The number of fused-ring (bicyclic) bond motifs is 1. The molecule has 0 bridgehead atoms. The van der Waals surface area contributed by atoms with E-state index in [1.807, 2.05) is 6.07 Å². The van der Waals surface area contributed by atoms with Crippen LogP contribution in [0.5, 0.6) is 0 Å². The molecule has 4 rings (SSSR count). The highest BCUT2D eigenvalue weighted by Crippen LogP contribution is 2.35. The zero-order valence-electron chi connectivity index (χ0n) is 15.3. The Bertz CT molecular complexity index is 1250. The Kier molecular flexibility index (Phi) is 4.92. The molecule has 3 heterocycles. The average molecular weight is 435 g/mol. The number of rotatable bonds is 2. The van der Waals surface area contributed by atoms with Crippen LogP contribution in [-0.4, -0.2) is 33.9 Å². The van der Waals surface area contributed by atoms with Gasteiger partial charge in [-0.25, -0.2) is 4.98 Å². The van der Waals surface area contributed by atoms with Gasteiger partial charge in [0.1, 0.15) is 23.0 Å². The van der Waals surface area contributed by atoms with E-state index in [0.717, 1.165) is 10.6 Å². The molecule has 0 amide bonds. The van der Waals surface area contributed by atoms with E-state index in [1.165, 1.54) is 18.2 Å². The quantitative estimate of drug-likeness (QED) is 0.667. The molecule has 1 atom stereocenters. The predicted molar refractivity (Wildman–Crippen MR) is 105 cm³/mol. The van der Waals surface area contributed by atoms with Gasteiger partial charge in [0.05, 0.1) is 22.5 Å². The number of benzene rings is 1. The molecule has 2 aromatic heterocycles. The summed E-state index contributed by atoms with van der Waals surface area (Å²) in [5, 5.41) is 19.9. The lowest BCUT2D eigenvalue weighted by Crippen LogP contribution is -2.30. The van der Waals surface area contributed by atoms with Gasteiger partial charge >= 0.3 is 6.18 Å². The number of β-amino-alcohol motifs (C(OH)–C–C–N with tert-alkyl or cyclic N) is 1. The van der Waals surface area contributed by atoms with Gasteiger partial charge in [0, 0.05) is 18.5 Å². The molecule has 3 aromatic rings. The minimum Gasteiger partial charge on any atom is -0.391 e. The summed E-state index contributed by atoms with van der Waals surface area (Å²) in [6, 6.07) is 10.0. The third-order valence-corrected chi connectivity index (χ3v) is 5.29. The Labute approximate surface area is 173 Å². The van der Waals surface area contributed by atoms with E-state index in [1.54, 1.807) is 17.0 Å². The molecular weight excluding hydrogens is 421 g/mol.